The van der Waals surface area contributed by atoms with Gasteiger partial charge in [-0.25, -0.2) is 9.18 Å². The molecule has 0 heterocycles. The van der Waals surface area contributed by atoms with Crippen molar-refractivity contribution in [2.75, 3.05) is 0 Å². The number of primary amides is 1. The second-order valence-electron chi connectivity index (χ2n) is 5.54. The number of amides is 2. The molecule has 21 heavy (non-hydrogen) atoms. The second kappa shape index (κ2) is 6.89. The van der Waals surface area contributed by atoms with Gasteiger partial charge in [0.2, 0.25) is 5.91 Å². The average Bonchev–Trinajstić information content (AvgIpc) is 2.28. The highest BCUT2D eigenvalue weighted by Crippen LogP contribution is 2.17. The molecule has 2 amide bonds. The summed E-state index contributed by atoms with van der Waals surface area (Å²) in [4.78, 5) is 23.1. The van der Waals surface area contributed by atoms with Crippen LogP contribution in [0.3, 0.4) is 0 Å². The van der Waals surface area contributed by atoms with Crippen molar-refractivity contribution < 1.29 is 18.7 Å². The van der Waals surface area contributed by atoms with Crippen molar-refractivity contribution in [3.05, 3.63) is 34.1 Å². The fourth-order valence-electron chi connectivity index (χ4n) is 1.58. The number of halogens is 2. The Balaban J connectivity index is 2.79. The highest BCUT2D eigenvalue weighted by atomic mass is 79.9. The van der Waals surface area contributed by atoms with E-state index >= 15 is 0 Å². The summed E-state index contributed by atoms with van der Waals surface area (Å²) in [7, 11) is 0. The number of nitrogens with one attached hydrogen (secondary N) is 1. The molecule has 7 heteroatoms. The molecule has 0 saturated heterocycles. The standard InChI is InChI=1S/C14H18BrFN2O3/c1-14(2,3)21-13(20)18-11(12(17)19)6-8-4-5-9(15)7-10(8)16/h4-5,7,11H,6H2,1-3H3,(H2,17,19)(H,18,20)/t11-/m0/s1. The van der Waals surface area contributed by atoms with Crippen molar-refractivity contribution >= 4 is 27.9 Å². The topological polar surface area (TPSA) is 81.4 Å². The molecule has 0 bridgehead atoms. The maximum absolute atomic E-state index is 13.8. The van der Waals surface area contributed by atoms with Gasteiger partial charge in [0.25, 0.3) is 0 Å². The van der Waals surface area contributed by atoms with Crippen LogP contribution in [0.1, 0.15) is 26.3 Å². The number of ether oxygens (including phenoxy) is 1. The smallest absolute Gasteiger partial charge is 0.408 e. The molecule has 0 radical (unpaired) electrons. The highest BCUT2D eigenvalue weighted by molar-refractivity contribution is 9.10. The van der Waals surface area contributed by atoms with Crippen LogP contribution in [0, 0.1) is 5.82 Å². The zero-order chi connectivity index (χ0) is 16.2. The van der Waals surface area contributed by atoms with Gasteiger partial charge in [-0.2, -0.15) is 0 Å². The molecule has 0 aliphatic rings. The van der Waals surface area contributed by atoms with Gasteiger partial charge in [0.1, 0.15) is 17.5 Å². The van der Waals surface area contributed by atoms with Gasteiger partial charge >= 0.3 is 6.09 Å². The number of carbonyl (C=O) groups is 2. The van der Waals surface area contributed by atoms with Gasteiger partial charge in [0.05, 0.1) is 0 Å². The molecule has 0 unspecified atom stereocenters. The lowest BCUT2D eigenvalue weighted by Crippen LogP contribution is -2.47. The van der Waals surface area contributed by atoms with Crippen LogP contribution in [0.15, 0.2) is 22.7 Å². The quantitative estimate of drug-likeness (QED) is 0.865. The summed E-state index contributed by atoms with van der Waals surface area (Å²) in [5.74, 6) is -1.25. The molecule has 1 atom stereocenters. The molecular weight excluding hydrogens is 343 g/mol. The largest absolute Gasteiger partial charge is 0.444 e. The predicted octanol–water partition coefficient (Wildman–Crippen LogP) is 2.51. The van der Waals surface area contributed by atoms with Crippen molar-refractivity contribution in [2.45, 2.75) is 38.8 Å². The highest BCUT2D eigenvalue weighted by Gasteiger charge is 2.23. The lowest BCUT2D eigenvalue weighted by molar-refractivity contribution is -0.120. The molecule has 3 N–H and O–H groups in total. The molecule has 0 aliphatic heterocycles. The second-order valence-corrected chi connectivity index (χ2v) is 6.46. The minimum Gasteiger partial charge on any atom is -0.444 e. The first-order valence-electron chi connectivity index (χ1n) is 6.31. The molecule has 0 spiro atoms. The number of rotatable bonds is 4. The van der Waals surface area contributed by atoms with Gasteiger partial charge in [-0.15, -0.1) is 0 Å². The summed E-state index contributed by atoms with van der Waals surface area (Å²) < 4.78 is 19.4. The minimum absolute atomic E-state index is 0.0479. The summed E-state index contributed by atoms with van der Waals surface area (Å²) in [6, 6.07) is 3.40. The van der Waals surface area contributed by atoms with Gasteiger partial charge < -0.3 is 15.8 Å². The van der Waals surface area contributed by atoms with Crippen LogP contribution in [0.5, 0.6) is 0 Å². The first-order chi connectivity index (χ1) is 9.58. The fourth-order valence-corrected chi connectivity index (χ4v) is 1.91. The monoisotopic (exact) mass is 360 g/mol. The van der Waals surface area contributed by atoms with E-state index < -0.39 is 29.5 Å². The van der Waals surface area contributed by atoms with Gasteiger partial charge in [-0.1, -0.05) is 22.0 Å². The molecule has 0 fully saturated rings. The van der Waals surface area contributed by atoms with E-state index in [1.807, 2.05) is 0 Å². The normalized spacial score (nSPS) is 12.6. The number of hydrogen-bond acceptors (Lipinski definition) is 3. The van der Waals surface area contributed by atoms with E-state index in [1.165, 1.54) is 12.1 Å². The molecular formula is C14H18BrFN2O3. The molecule has 0 saturated carbocycles. The Kier molecular flexibility index (Phi) is 5.71. The molecule has 1 rings (SSSR count). The number of hydrogen-bond donors (Lipinski definition) is 2. The van der Waals surface area contributed by atoms with E-state index in [0.29, 0.717) is 4.47 Å². The third-order valence-corrected chi connectivity index (χ3v) is 2.97. The van der Waals surface area contributed by atoms with Crippen molar-refractivity contribution in [2.24, 2.45) is 5.73 Å². The van der Waals surface area contributed by atoms with Crippen molar-refractivity contribution in [1.29, 1.82) is 0 Å². The summed E-state index contributed by atoms with van der Waals surface area (Å²) >= 11 is 3.14. The van der Waals surface area contributed by atoms with Gasteiger partial charge in [-0.3, -0.25) is 4.79 Å². The molecule has 5 nitrogen and oxygen atoms in total. The van der Waals surface area contributed by atoms with Crippen molar-refractivity contribution in [3.8, 4) is 0 Å². The van der Waals surface area contributed by atoms with Crippen LogP contribution in [0.25, 0.3) is 0 Å². The summed E-state index contributed by atoms with van der Waals surface area (Å²) in [5.41, 5.74) is 4.81. The maximum atomic E-state index is 13.8. The third kappa shape index (κ3) is 6.12. The zero-order valence-corrected chi connectivity index (χ0v) is 13.7. The average molecular weight is 361 g/mol. The van der Waals surface area contributed by atoms with Crippen LogP contribution in [-0.2, 0) is 16.0 Å². The molecule has 116 valence electrons. The van der Waals surface area contributed by atoms with E-state index in [-0.39, 0.29) is 12.0 Å². The number of carbonyl (C=O) groups excluding carboxylic acids is 2. The van der Waals surface area contributed by atoms with E-state index in [2.05, 4.69) is 21.2 Å². The summed E-state index contributed by atoms with van der Waals surface area (Å²) in [5, 5.41) is 2.35. The summed E-state index contributed by atoms with van der Waals surface area (Å²) in [6.45, 7) is 5.08. The Morgan fingerprint density at radius 3 is 2.52 bits per heavy atom. The third-order valence-electron chi connectivity index (χ3n) is 2.47. The predicted molar refractivity (Wildman–Crippen MR) is 80.2 cm³/mol. The van der Waals surface area contributed by atoms with E-state index in [0.717, 1.165) is 0 Å². The maximum Gasteiger partial charge on any atom is 0.408 e. The number of nitrogens with two attached hydrogens (primary N) is 1. The van der Waals surface area contributed by atoms with Gasteiger partial charge in [-0.05, 0) is 38.5 Å². The van der Waals surface area contributed by atoms with Crippen LogP contribution in [0.2, 0.25) is 0 Å². The first kappa shape index (κ1) is 17.4. The first-order valence-corrected chi connectivity index (χ1v) is 7.10. The fraction of sp³-hybridized carbons (Fsp3) is 0.429. The Morgan fingerprint density at radius 1 is 1.43 bits per heavy atom. The Bertz CT molecular complexity index is 544. The Hall–Kier alpha value is -1.63. The van der Waals surface area contributed by atoms with E-state index in [4.69, 9.17) is 10.5 Å². The van der Waals surface area contributed by atoms with Crippen molar-refractivity contribution in [3.63, 3.8) is 0 Å². The van der Waals surface area contributed by atoms with Gasteiger partial charge in [0.15, 0.2) is 0 Å². The van der Waals surface area contributed by atoms with Crippen molar-refractivity contribution in [1.82, 2.24) is 5.32 Å². The van der Waals surface area contributed by atoms with Crippen LogP contribution in [-0.4, -0.2) is 23.6 Å². The number of alkyl carbamates (subject to hydrolysis) is 1. The molecule has 1 aromatic rings. The summed E-state index contributed by atoms with van der Waals surface area (Å²) in [6.07, 6.45) is -0.822. The lowest BCUT2D eigenvalue weighted by atomic mass is 10.1. The zero-order valence-electron chi connectivity index (χ0n) is 12.1. The Morgan fingerprint density at radius 2 is 2.05 bits per heavy atom. The Labute approximate surface area is 131 Å². The molecule has 0 aliphatic carbocycles. The minimum atomic E-state index is -1.05. The van der Waals surface area contributed by atoms with Crippen LogP contribution >= 0.6 is 15.9 Å². The molecule has 0 aromatic heterocycles. The SMILES string of the molecule is CC(C)(C)OC(=O)N[C@@H](Cc1ccc(Br)cc1F)C(N)=O. The molecule has 1 aromatic carbocycles. The van der Waals surface area contributed by atoms with Crippen LogP contribution in [0.4, 0.5) is 9.18 Å². The lowest BCUT2D eigenvalue weighted by Gasteiger charge is -2.22. The van der Waals surface area contributed by atoms with Gasteiger partial charge in [0, 0.05) is 10.9 Å². The van der Waals surface area contributed by atoms with E-state index in [1.54, 1.807) is 26.8 Å². The van der Waals surface area contributed by atoms with Crippen LogP contribution < -0.4 is 11.1 Å². The van der Waals surface area contributed by atoms with E-state index in [9.17, 15) is 14.0 Å². The number of benzene rings is 1.